The molecule has 0 aliphatic carbocycles. The van der Waals surface area contributed by atoms with E-state index in [4.69, 9.17) is 16.3 Å². The molecule has 1 aliphatic rings. The van der Waals surface area contributed by atoms with Gasteiger partial charge in [0.15, 0.2) is 0 Å². The van der Waals surface area contributed by atoms with Crippen molar-refractivity contribution in [2.45, 2.75) is 32.0 Å². The van der Waals surface area contributed by atoms with E-state index >= 15 is 0 Å². The number of hydrogen-bond donors (Lipinski definition) is 1. The van der Waals surface area contributed by atoms with Crippen molar-refractivity contribution >= 4 is 11.6 Å². The van der Waals surface area contributed by atoms with Gasteiger partial charge in [-0.1, -0.05) is 18.5 Å². The van der Waals surface area contributed by atoms with Crippen LogP contribution < -0.4 is 10.1 Å². The third kappa shape index (κ3) is 3.34. The second-order valence-electron chi connectivity index (χ2n) is 4.51. The summed E-state index contributed by atoms with van der Waals surface area (Å²) in [6.45, 7) is 2.41. The minimum absolute atomic E-state index is 0.166. The third-order valence-corrected chi connectivity index (χ3v) is 3.31. The molecule has 6 heteroatoms. The number of rotatable bonds is 4. The number of halogens is 4. The molecule has 2 rings (SSSR count). The van der Waals surface area contributed by atoms with Gasteiger partial charge in [0.05, 0.1) is 6.61 Å². The molecule has 1 aromatic rings. The van der Waals surface area contributed by atoms with Crippen LogP contribution in [0.25, 0.3) is 0 Å². The van der Waals surface area contributed by atoms with Crippen molar-refractivity contribution in [3.05, 3.63) is 28.3 Å². The molecule has 0 bridgehead atoms. The summed E-state index contributed by atoms with van der Waals surface area (Å²) in [5.41, 5.74) is 1.41. The SMILES string of the molecule is CCNC(Cc1cc(Cl)cc2c1OCC2)C(F)(F)F. The van der Waals surface area contributed by atoms with E-state index in [2.05, 4.69) is 5.32 Å². The molecule has 0 aromatic heterocycles. The van der Waals surface area contributed by atoms with Crippen LogP contribution in [0, 0.1) is 0 Å². The molecule has 0 amide bonds. The lowest BCUT2D eigenvalue weighted by Crippen LogP contribution is -2.43. The zero-order valence-corrected chi connectivity index (χ0v) is 11.2. The molecule has 1 unspecified atom stereocenters. The Morgan fingerprint density at radius 1 is 1.42 bits per heavy atom. The summed E-state index contributed by atoms with van der Waals surface area (Å²) >= 11 is 5.95. The maximum atomic E-state index is 12.9. The smallest absolute Gasteiger partial charge is 0.404 e. The van der Waals surface area contributed by atoms with Gasteiger partial charge in [-0.3, -0.25) is 0 Å². The van der Waals surface area contributed by atoms with Crippen LogP contribution in [0.15, 0.2) is 12.1 Å². The molecule has 0 radical (unpaired) electrons. The van der Waals surface area contributed by atoms with Crippen molar-refractivity contribution in [1.29, 1.82) is 0 Å². The zero-order valence-electron chi connectivity index (χ0n) is 10.5. The monoisotopic (exact) mass is 293 g/mol. The first-order valence-electron chi connectivity index (χ1n) is 6.16. The van der Waals surface area contributed by atoms with Gasteiger partial charge in [-0.05, 0) is 29.8 Å². The first-order chi connectivity index (χ1) is 8.91. The van der Waals surface area contributed by atoms with Crippen LogP contribution >= 0.6 is 11.6 Å². The van der Waals surface area contributed by atoms with Crippen LogP contribution in [-0.2, 0) is 12.8 Å². The Kier molecular flexibility index (Phi) is 4.26. The van der Waals surface area contributed by atoms with E-state index in [1.54, 1.807) is 19.1 Å². The first kappa shape index (κ1) is 14.5. The highest BCUT2D eigenvalue weighted by atomic mass is 35.5. The van der Waals surface area contributed by atoms with E-state index in [0.29, 0.717) is 29.4 Å². The van der Waals surface area contributed by atoms with E-state index in [-0.39, 0.29) is 13.0 Å². The summed E-state index contributed by atoms with van der Waals surface area (Å²) in [6, 6.07) is 1.73. The maximum absolute atomic E-state index is 12.9. The predicted molar refractivity (Wildman–Crippen MR) is 67.9 cm³/mol. The number of fused-ring (bicyclic) bond motifs is 1. The van der Waals surface area contributed by atoms with Crippen molar-refractivity contribution < 1.29 is 17.9 Å². The second-order valence-corrected chi connectivity index (χ2v) is 4.94. The predicted octanol–water partition coefficient (Wildman–Crippen LogP) is 3.36. The van der Waals surface area contributed by atoms with Gasteiger partial charge >= 0.3 is 6.18 Å². The number of benzene rings is 1. The summed E-state index contributed by atoms with van der Waals surface area (Å²) in [7, 11) is 0. The molecule has 1 atom stereocenters. The Morgan fingerprint density at radius 2 is 2.16 bits per heavy atom. The molecule has 2 nitrogen and oxygen atoms in total. The molecule has 1 aliphatic heterocycles. The molecule has 0 saturated heterocycles. The molecule has 1 N–H and O–H groups in total. The maximum Gasteiger partial charge on any atom is 0.404 e. The lowest BCUT2D eigenvalue weighted by atomic mass is 10.0. The lowest BCUT2D eigenvalue weighted by Gasteiger charge is -2.22. The van der Waals surface area contributed by atoms with Gasteiger partial charge in [0.25, 0.3) is 0 Å². The van der Waals surface area contributed by atoms with Crippen molar-refractivity contribution in [1.82, 2.24) is 5.32 Å². The molecule has 1 heterocycles. The number of hydrogen-bond acceptors (Lipinski definition) is 2. The Bertz CT molecular complexity index is 462. The summed E-state index contributed by atoms with van der Waals surface area (Å²) in [5, 5.41) is 2.91. The Morgan fingerprint density at radius 3 is 2.79 bits per heavy atom. The van der Waals surface area contributed by atoms with Crippen molar-refractivity contribution in [3.8, 4) is 5.75 Å². The standard InChI is InChI=1S/C13H15ClF3NO/c1-2-18-11(13(15,16)17)7-9-6-10(14)5-8-3-4-19-12(8)9/h5-6,11,18H,2-4,7H2,1H3. The summed E-state index contributed by atoms with van der Waals surface area (Å²) in [4.78, 5) is 0. The molecule has 0 fully saturated rings. The van der Waals surface area contributed by atoms with Crippen LogP contribution in [0.4, 0.5) is 13.2 Å². The average Bonchev–Trinajstić information content (AvgIpc) is 2.74. The van der Waals surface area contributed by atoms with Crippen molar-refractivity contribution in [3.63, 3.8) is 0 Å². The highest BCUT2D eigenvalue weighted by Crippen LogP contribution is 2.35. The van der Waals surface area contributed by atoms with E-state index in [9.17, 15) is 13.2 Å². The molecule has 0 spiro atoms. The van der Waals surface area contributed by atoms with Crippen LogP contribution in [0.2, 0.25) is 5.02 Å². The fraction of sp³-hybridized carbons (Fsp3) is 0.538. The van der Waals surface area contributed by atoms with Crippen LogP contribution in [0.1, 0.15) is 18.1 Å². The highest BCUT2D eigenvalue weighted by Gasteiger charge is 2.39. The Labute approximate surface area is 114 Å². The van der Waals surface area contributed by atoms with E-state index in [0.717, 1.165) is 5.56 Å². The number of nitrogens with one attached hydrogen (secondary N) is 1. The molecule has 19 heavy (non-hydrogen) atoms. The van der Waals surface area contributed by atoms with Gasteiger partial charge in [-0.15, -0.1) is 0 Å². The van der Waals surface area contributed by atoms with Gasteiger partial charge in [0.2, 0.25) is 0 Å². The van der Waals surface area contributed by atoms with E-state index in [1.165, 1.54) is 0 Å². The second kappa shape index (κ2) is 5.59. The van der Waals surface area contributed by atoms with Gasteiger partial charge in [-0.25, -0.2) is 0 Å². The quantitative estimate of drug-likeness (QED) is 0.919. The zero-order chi connectivity index (χ0) is 14.0. The minimum atomic E-state index is -4.29. The molecular weight excluding hydrogens is 279 g/mol. The van der Waals surface area contributed by atoms with Gasteiger partial charge < -0.3 is 10.1 Å². The third-order valence-electron chi connectivity index (χ3n) is 3.10. The minimum Gasteiger partial charge on any atom is -0.493 e. The van der Waals surface area contributed by atoms with E-state index in [1.807, 2.05) is 0 Å². The Balaban J connectivity index is 2.27. The van der Waals surface area contributed by atoms with Gasteiger partial charge in [0, 0.05) is 17.9 Å². The fourth-order valence-electron chi connectivity index (χ4n) is 2.27. The Hall–Kier alpha value is -0.940. The van der Waals surface area contributed by atoms with Crippen molar-refractivity contribution in [2.24, 2.45) is 0 Å². The summed E-state index contributed by atoms with van der Waals surface area (Å²) in [5.74, 6) is 0.566. The van der Waals surface area contributed by atoms with Gasteiger partial charge in [0.1, 0.15) is 11.8 Å². The molecule has 0 saturated carbocycles. The number of ether oxygens (including phenoxy) is 1. The van der Waals surface area contributed by atoms with Crippen LogP contribution in [0.3, 0.4) is 0 Å². The van der Waals surface area contributed by atoms with E-state index < -0.39 is 12.2 Å². The number of alkyl halides is 3. The normalized spacial score (nSPS) is 16.1. The number of likely N-dealkylation sites (N-methyl/N-ethyl adjacent to an activating group) is 1. The lowest BCUT2D eigenvalue weighted by molar-refractivity contribution is -0.155. The van der Waals surface area contributed by atoms with Crippen LogP contribution in [-0.4, -0.2) is 25.4 Å². The fourth-order valence-corrected chi connectivity index (χ4v) is 2.53. The largest absolute Gasteiger partial charge is 0.493 e. The van der Waals surface area contributed by atoms with Crippen molar-refractivity contribution in [2.75, 3.05) is 13.2 Å². The first-order valence-corrected chi connectivity index (χ1v) is 6.53. The average molecular weight is 294 g/mol. The summed E-state index contributed by atoms with van der Waals surface area (Å²) in [6.07, 6.45) is -3.76. The highest BCUT2D eigenvalue weighted by molar-refractivity contribution is 6.30. The topological polar surface area (TPSA) is 21.3 Å². The molecule has 106 valence electrons. The molecular formula is C13H15ClF3NO. The van der Waals surface area contributed by atoms with Crippen LogP contribution in [0.5, 0.6) is 5.75 Å². The summed E-state index contributed by atoms with van der Waals surface area (Å²) < 4.78 is 44.1. The molecule has 1 aromatic carbocycles. The van der Waals surface area contributed by atoms with Gasteiger partial charge in [-0.2, -0.15) is 13.2 Å².